The van der Waals surface area contributed by atoms with E-state index >= 15 is 0 Å². The van der Waals surface area contributed by atoms with Gasteiger partial charge in [-0.2, -0.15) is 0 Å². The monoisotopic (exact) mass is 379 g/mol. The molecular formula is C21H23N4O3. The quantitative estimate of drug-likeness (QED) is 0.730. The largest absolute Gasteiger partial charge is 0.373 e. The molecule has 2 unspecified atom stereocenters. The number of hydrogen-bond acceptors (Lipinski definition) is 4. The van der Waals surface area contributed by atoms with Crippen LogP contribution in [0.15, 0.2) is 41.3 Å². The zero-order valence-electron chi connectivity index (χ0n) is 15.9. The molecule has 1 saturated heterocycles. The van der Waals surface area contributed by atoms with Crippen molar-refractivity contribution in [3.05, 3.63) is 58.5 Å². The van der Waals surface area contributed by atoms with E-state index in [2.05, 4.69) is 41.9 Å². The number of aromatic amines is 1. The van der Waals surface area contributed by atoms with Gasteiger partial charge >= 0.3 is 6.03 Å². The van der Waals surface area contributed by atoms with Gasteiger partial charge < -0.3 is 15.5 Å². The van der Waals surface area contributed by atoms with Crippen molar-refractivity contribution in [1.82, 2.24) is 14.5 Å². The van der Waals surface area contributed by atoms with Crippen LogP contribution in [0.25, 0.3) is 22.2 Å². The second-order valence-corrected chi connectivity index (χ2v) is 7.42. The average molecular weight is 379 g/mol. The van der Waals surface area contributed by atoms with E-state index in [-0.39, 0.29) is 12.2 Å². The molecule has 7 nitrogen and oxygen atoms in total. The number of H-pyrrole nitrogens is 1. The molecule has 0 aliphatic carbocycles. The fourth-order valence-corrected chi connectivity index (χ4v) is 3.90. The van der Waals surface area contributed by atoms with Gasteiger partial charge in [0.25, 0.3) is 5.56 Å². The Balaban J connectivity index is 1.63. The number of aromatic nitrogens is 2. The molecule has 1 aromatic carbocycles. The van der Waals surface area contributed by atoms with Gasteiger partial charge in [-0.25, -0.2) is 9.36 Å². The van der Waals surface area contributed by atoms with Gasteiger partial charge in [-0.3, -0.25) is 9.69 Å². The van der Waals surface area contributed by atoms with Crippen molar-refractivity contribution in [1.29, 1.82) is 0 Å². The third kappa shape index (κ3) is 3.58. The third-order valence-electron chi connectivity index (χ3n) is 4.99. The fourth-order valence-electron chi connectivity index (χ4n) is 3.90. The zero-order valence-corrected chi connectivity index (χ0v) is 15.9. The smallest absolute Gasteiger partial charge is 0.325 e. The lowest BCUT2D eigenvalue weighted by Gasteiger charge is -2.35. The molecule has 7 heteroatoms. The van der Waals surface area contributed by atoms with Crippen molar-refractivity contribution < 1.29 is 9.53 Å². The van der Waals surface area contributed by atoms with Crippen LogP contribution in [-0.4, -0.2) is 45.8 Å². The molecule has 0 spiro atoms. The number of ether oxygens (including phenoxy) is 1. The lowest BCUT2D eigenvalue weighted by Crippen LogP contribution is -2.44. The van der Waals surface area contributed by atoms with Gasteiger partial charge in [0.15, 0.2) is 0 Å². The van der Waals surface area contributed by atoms with E-state index in [0.717, 1.165) is 35.1 Å². The number of primary amides is 1. The van der Waals surface area contributed by atoms with Crippen molar-refractivity contribution in [2.45, 2.75) is 32.6 Å². The predicted octanol–water partition coefficient (Wildman–Crippen LogP) is 2.33. The molecule has 28 heavy (non-hydrogen) atoms. The number of amides is 1. The van der Waals surface area contributed by atoms with Crippen molar-refractivity contribution in [2.24, 2.45) is 5.73 Å². The normalized spacial score (nSPS) is 20.5. The van der Waals surface area contributed by atoms with E-state index in [1.165, 1.54) is 11.8 Å². The molecule has 3 heterocycles. The summed E-state index contributed by atoms with van der Waals surface area (Å²) >= 11 is 0. The van der Waals surface area contributed by atoms with Gasteiger partial charge in [-0.15, -0.1) is 0 Å². The van der Waals surface area contributed by atoms with Gasteiger partial charge in [0.1, 0.15) is 0 Å². The third-order valence-corrected chi connectivity index (χ3v) is 4.99. The topological polar surface area (TPSA) is 93.4 Å². The molecule has 0 saturated carbocycles. The number of hydrogen-bond donors (Lipinski definition) is 2. The second kappa shape index (κ2) is 7.26. The second-order valence-electron chi connectivity index (χ2n) is 7.42. The number of rotatable bonds is 3. The van der Waals surface area contributed by atoms with Crippen LogP contribution in [0.2, 0.25) is 0 Å². The summed E-state index contributed by atoms with van der Waals surface area (Å²) in [6.07, 6.45) is 1.71. The summed E-state index contributed by atoms with van der Waals surface area (Å²) in [5.74, 6) is 0. The SMILES string of the molecule is CC1CN(Cc2ccc3[nH]c(-c4c[c]cn(C(N)=O)c4=O)cc3c2)CC(C)O1. The maximum atomic E-state index is 12.5. The predicted molar refractivity (Wildman–Crippen MR) is 107 cm³/mol. The van der Waals surface area contributed by atoms with Crippen molar-refractivity contribution in [3.8, 4) is 11.3 Å². The standard InChI is InChI=1S/C21H23N4O3/c1-13-10-24(11-14(2)28-13)12-15-5-6-18-16(8-15)9-19(23-18)17-4-3-7-25(20(17)26)21(22)27/h4-9,13-14,23H,10-12H2,1-2H3,(H2,22,27). The number of carbonyl (C=O) groups is 1. The molecule has 0 bridgehead atoms. The molecule has 1 aliphatic rings. The molecule has 1 amide bonds. The lowest BCUT2D eigenvalue weighted by molar-refractivity contribution is -0.0704. The Morgan fingerprint density at radius 1 is 1.29 bits per heavy atom. The van der Waals surface area contributed by atoms with E-state index in [1.807, 2.05) is 12.1 Å². The van der Waals surface area contributed by atoms with Crippen LogP contribution in [0, 0.1) is 6.07 Å². The number of morpholine rings is 1. The van der Waals surface area contributed by atoms with Crippen LogP contribution in [0.5, 0.6) is 0 Å². The number of pyridine rings is 1. The van der Waals surface area contributed by atoms with E-state index in [9.17, 15) is 9.59 Å². The maximum absolute atomic E-state index is 12.5. The first-order chi connectivity index (χ1) is 13.4. The van der Waals surface area contributed by atoms with Crippen LogP contribution < -0.4 is 11.3 Å². The minimum atomic E-state index is -0.824. The Hall–Kier alpha value is -2.90. The first kappa shape index (κ1) is 18.5. The molecule has 1 aliphatic heterocycles. The maximum Gasteiger partial charge on any atom is 0.325 e. The highest BCUT2D eigenvalue weighted by Gasteiger charge is 2.22. The van der Waals surface area contributed by atoms with E-state index in [4.69, 9.17) is 10.5 Å². The van der Waals surface area contributed by atoms with Crippen LogP contribution in [-0.2, 0) is 11.3 Å². The summed E-state index contributed by atoms with van der Waals surface area (Å²) in [7, 11) is 0. The zero-order chi connectivity index (χ0) is 19.8. The number of carbonyl (C=O) groups excluding carboxylic acids is 1. The number of benzene rings is 1. The van der Waals surface area contributed by atoms with Gasteiger partial charge in [0.2, 0.25) is 0 Å². The summed E-state index contributed by atoms with van der Waals surface area (Å²) in [6, 6.07) is 11.7. The Labute approximate surface area is 162 Å². The average Bonchev–Trinajstić information content (AvgIpc) is 3.03. The number of nitrogens with two attached hydrogens (primary N) is 1. The van der Waals surface area contributed by atoms with Crippen molar-refractivity contribution in [2.75, 3.05) is 13.1 Å². The minimum Gasteiger partial charge on any atom is -0.373 e. The molecule has 1 radical (unpaired) electrons. The van der Waals surface area contributed by atoms with Crippen LogP contribution in [0.4, 0.5) is 4.79 Å². The summed E-state index contributed by atoms with van der Waals surface area (Å²) in [5.41, 5.74) is 7.90. The molecule has 4 rings (SSSR count). The molecule has 2 aromatic heterocycles. The van der Waals surface area contributed by atoms with E-state index < -0.39 is 11.6 Å². The molecule has 3 aromatic rings. The van der Waals surface area contributed by atoms with E-state index in [0.29, 0.717) is 11.3 Å². The van der Waals surface area contributed by atoms with Crippen LogP contribution in [0.3, 0.4) is 0 Å². The van der Waals surface area contributed by atoms with Gasteiger partial charge in [-0.1, -0.05) is 6.07 Å². The Kier molecular flexibility index (Phi) is 4.78. The summed E-state index contributed by atoms with van der Waals surface area (Å²) in [6.45, 7) is 6.86. The van der Waals surface area contributed by atoms with Gasteiger partial charge in [-0.05, 0) is 43.7 Å². The molecule has 3 N–H and O–H groups in total. The molecule has 145 valence electrons. The minimum absolute atomic E-state index is 0.230. The van der Waals surface area contributed by atoms with Crippen molar-refractivity contribution >= 4 is 16.9 Å². The highest BCUT2D eigenvalue weighted by Crippen LogP contribution is 2.24. The number of nitrogens with one attached hydrogen (secondary N) is 1. The fraction of sp³-hybridized carbons (Fsp3) is 0.333. The number of nitrogens with zero attached hydrogens (tertiary/aromatic N) is 2. The molecular weight excluding hydrogens is 356 g/mol. The molecule has 1 fully saturated rings. The van der Waals surface area contributed by atoms with Gasteiger partial charge in [0.05, 0.1) is 23.5 Å². The lowest BCUT2D eigenvalue weighted by atomic mass is 10.1. The highest BCUT2D eigenvalue weighted by molar-refractivity contribution is 5.86. The number of fused-ring (bicyclic) bond motifs is 1. The van der Waals surface area contributed by atoms with Crippen molar-refractivity contribution in [3.63, 3.8) is 0 Å². The van der Waals surface area contributed by atoms with Gasteiger partial charge in [0, 0.05) is 42.8 Å². The van der Waals surface area contributed by atoms with E-state index in [1.54, 1.807) is 6.07 Å². The highest BCUT2D eigenvalue weighted by atomic mass is 16.5. The summed E-state index contributed by atoms with van der Waals surface area (Å²) in [4.78, 5) is 29.5. The first-order valence-corrected chi connectivity index (χ1v) is 9.33. The van der Waals surface area contributed by atoms with Crippen LogP contribution >= 0.6 is 0 Å². The van der Waals surface area contributed by atoms with Crippen LogP contribution in [0.1, 0.15) is 19.4 Å². The Morgan fingerprint density at radius 2 is 2.04 bits per heavy atom. The Bertz CT molecular complexity index is 1070. The summed E-state index contributed by atoms with van der Waals surface area (Å²) in [5, 5.41) is 1.01. The molecule has 2 atom stereocenters. The first-order valence-electron chi connectivity index (χ1n) is 9.33. The summed E-state index contributed by atoms with van der Waals surface area (Å²) < 4.78 is 6.65. The Morgan fingerprint density at radius 3 is 2.75 bits per heavy atom.